The lowest BCUT2D eigenvalue weighted by Gasteiger charge is -2.08. The largest absolute Gasteiger partial charge is 0.350 e. The lowest BCUT2D eigenvalue weighted by molar-refractivity contribution is 0.614. The van der Waals surface area contributed by atoms with E-state index in [1.54, 1.807) is 0 Å². The van der Waals surface area contributed by atoms with E-state index in [1.807, 2.05) is 26.5 Å². The molecule has 0 aliphatic heterocycles. The summed E-state index contributed by atoms with van der Waals surface area (Å²) < 4.78 is 4.34. The molecule has 0 unspecified atom stereocenters. The first-order valence-corrected chi connectivity index (χ1v) is 5.56. The van der Waals surface area contributed by atoms with E-state index in [4.69, 9.17) is 0 Å². The van der Waals surface area contributed by atoms with Crippen LogP contribution in [0.3, 0.4) is 0 Å². The van der Waals surface area contributed by atoms with Crippen molar-refractivity contribution in [3.63, 3.8) is 0 Å². The van der Waals surface area contributed by atoms with Crippen LogP contribution in [0.1, 0.15) is 11.5 Å². The second-order valence-electron chi connectivity index (χ2n) is 3.93. The molecule has 0 bridgehead atoms. The van der Waals surface area contributed by atoms with Crippen molar-refractivity contribution in [3.05, 3.63) is 42.2 Å². The summed E-state index contributed by atoms with van der Waals surface area (Å²) in [6.45, 7) is 1.89. The van der Waals surface area contributed by atoms with Gasteiger partial charge < -0.3 is 14.5 Å². The molecular weight excluding hydrogens is 200 g/mol. The minimum atomic E-state index is 0.910. The zero-order valence-electron chi connectivity index (χ0n) is 9.85. The fourth-order valence-electron chi connectivity index (χ4n) is 1.87. The van der Waals surface area contributed by atoms with Crippen molar-refractivity contribution >= 4 is 0 Å². The Labute approximate surface area is 95.9 Å². The monoisotopic (exact) mass is 218 g/mol. The molecule has 4 heteroatoms. The van der Waals surface area contributed by atoms with Crippen LogP contribution in [0.25, 0.3) is 0 Å². The zero-order chi connectivity index (χ0) is 11.4. The molecule has 0 aliphatic carbocycles. The van der Waals surface area contributed by atoms with Gasteiger partial charge in [0.2, 0.25) is 0 Å². The summed E-state index contributed by atoms with van der Waals surface area (Å²) in [4.78, 5) is 4.32. The normalized spacial score (nSPS) is 10.9. The maximum Gasteiger partial charge on any atom is 0.110 e. The number of aryl methyl sites for hydroxylation is 3. The average Bonchev–Trinajstić information content (AvgIpc) is 2.86. The van der Waals surface area contributed by atoms with Gasteiger partial charge in [0.05, 0.1) is 0 Å². The summed E-state index contributed by atoms with van der Waals surface area (Å²) in [5, 5.41) is 3.17. The average molecular weight is 218 g/mol. The summed E-state index contributed by atoms with van der Waals surface area (Å²) in [5.41, 5.74) is 1.32. The molecule has 0 saturated heterocycles. The Kier molecular flexibility index (Phi) is 3.41. The van der Waals surface area contributed by atoms with Crippen LogP contribution in [0.5, 0.6) is 0 Å². The van der Waals surface area contributed by atoms with Crippen LogP contribution < -0.4 is 5.32 Å². The molecule has 0 atom stereocenters. The van der Waals surface area contributed by atoms with Gasteiger partial charge in [0.25, 0.3) is 0 Å². The first-order chi connectivity index (χ1) is 7.81. The summed E-state index contributed by atoms with van der Waals surface area (Å²) in [6, 6.07) is 4.24. The minimum absolute atomic E-state index is 0.910. The standard InChI is InChI=1S/C12H18N4/c1-13-10-11-4-3-7-16(11)8-5-12-14-6-9-15(12)2/h3-4,6-7,9,13H,5,8,10H2,1-2H3. The second kappa shape index (κ2) is 4.99. The fraction of sp³-hybridized carbons (Fsp3) is 0.417. The molecule has 0 aromatic carbocycles. The number of nitrogens with one attached hydrogen (secondary N) is 1. The molecule has 2 rings (SSSR count). The predicted molar refractivity (Wildman–Crippen MR) is 64.1 cm³/mol. The first-order valence-electron chi connectivity index (χ1n) is 5.56. The molecular formula is C12H18N4. The van der Waals surface area contributed by atoms with Gasteiger partial charge in [-0.05, 0) is 19.2 Å². The molecule has 0 saturated carbocycles. The van der Waals surface area contributed by atoms with E-state index in [0.29, 0.717) is 0 Å². The number of imidazole rings is 1. The third-order valence-electron chi connectivity index (χ3n) is 2.78. The molecule has 0 radical (unpaired) electrons. The highest BCUT2D eigenvalue weighted by molar-refractivity contribution is 5.07. The van der Waals surface area contributed by atoms with Crippen molar-refractivity contribution in [1.29, 1.82) is 0 Å². The quantitative estimate of drug-likeness (QED) is 0.818. The topological polar surface area (TPSA) is 34.8 Å². The summed E-state index contributed by atoms with van der Waals surface area (Å²) >= 11 is 0. The first kappa shape index (κ1) is 11.0. The summed E-state index contributed by atoms with van der Waals surface area (Å²) in [5.74, 6) is 1.13. The van der Waals surface area contributed by atoms with Gasteiger partial charge in [-0.15, -0.1) is 0 Å². The van der Waals surface area contributed by atoms with Gasteiger partial charge in [-0.25, -0.2) is 4.98 Å². The molecule has 0 fully saturated rings. The lowest BCUT2D eigenvalue weighted by atomic mass is 10.3. The van der Waals surface area contributed by atoms with Crippen molar-refractivity contribution in [2.75, 3.05) is 7.05 Å². The van der Waals surface area contributed by atoms with E-state index >= 15 is 0 Å². The summed E-state index contributed by atoms with van der Waals surface area (Å²) in [7, 11) is 4.00. The molecule has 2 heterocycles. The van der Waals surface area contributed by atoms with E-state index < -0.39 is 0 Å². The van der Waals surface area contributed by atoms with Crippen LogP contribution in [-0.4, -0.2) is 21.2 Å². The zero-order valence-corrected chi connectivity index (χ0v) is 9.85. The molecule has 0 spiro atoms. The molecule has 4 nitrogen and oxygen atoms in total. The Morgan fingerprint density at radius 2 is 2.25 bits per heavy atom. The van der Waals surface area contributed by atoms with E-state index in [9.17, 15) is 0 Å². The smallest absolute Gasteiger partial charge is 0.110 e. The SMILES string of the molecule is CNCc1cccn1CCc1nccn1C. The van der Waals surface area contributed by atoms with Crippen LogP contribution in [-0.2, 0) is 26.6 Å². The number of nitrogens with zero attached hydrogens (tertiary/aromatic N) is 3. The van der Waals surface area contributed by atoms with Gasteiger partial charge in [0.1, 0.15) is 5.82 Å². The van der Waals surface area contributed by atoms with Crippen molar-refractivity contribution < 1.29 is 0 Å². The van der Waals surface area contributed by atoms with Crippen LogP contribution in [0.2, 0.25) is 0 Å². The Morgan fingerprint density at radius 1 is 1.38 bits per heavy atom. The van der Waals surface area contributed by atoms with Crippen molar-refractivity contribution in [3.8, 4) is 0 Å². The van der Waals surface area contributed by atoms with Gasteiger partial charge in [-0.3, -0.25) is 0 Å². The van der Waals surface area contributed by atoms with Crippen molar-refractivity contribution in [2.24, 2.45) is 7.05 Å². The molecule has 2 aromatic rings. The Hall–Kier alpha value is -1.55. The number of hydrogen-bond acceptors (Lipinski definition) is 2. The lowest BCUT2D eigenvalue weighted by Crippen LogP contribution is -2.12. The maximum atomic E-state index is 4.32. The molecule has 0 amide bonds. The molecule has 16 heavy (non-hydrogen) atoms. The highest BCUT2D eigenvalue weighted by Gasteiger charge is 2.02. The predicted octanol–water partition coefficient (Wildman–Crippen LogP) is 1.18. The highest BCUT2D eigenvalue weighted by atomic mass is 15.0. The van der Waals surface area contributed by atoms with E-state index in [-0.39, 0.29) is 0 Å². The van der Waals surface area contributed by atoms with Crippen molar-refractivity contribution in [1.82, 2.24) is 19.4 Å². The van der Waals surface area contributed by atoms with E-state index in [0.717, 1.165) is 25.3 Å². The number of aromatic nitrogens is 3. The van der Waals surface area contributed by atoms with E-state index in [1.165, 1.54) is 5.69 Å². The second-order valence-corrected chi connectivity index (χ2v) is 3.93. The van der Waals surface area contributed by atoms with Gasteiger partial charge in [-0.1, -0.05) is 0 Å². The van der Waals surface area contributed by atoms with Gasteiger partial charge >= 0.3 is 0 Å². The van der Waals surface area contributed by atoms with Gasteiger partial charge in [-0.2, -0.15) is 0 Å². The summed E-state index contributed by atoms with van der Waals surface area (Å²) in [6.07, 6.45) is 6.92. The van der Waals surface area contributed by atoms with Gasteiger partial charge in [0, 0.05) is 50.8 Å². The number of rotatable bonds is 5. The van der Waals surface area contributed by atoms with E-state index in [2.05, 4.69) is 37.8 Å². The Balaban J connectivity index is 1.99. The van der Waals surface area contributed by atoms with Crippen LogP contribution >= 0.6 is 0 Å². The van der Waals surface area contributed by atoms with Crippen LogP contribution in [0.4, 0.5) is 0 Å². The third-order valence-corrected chi connectivity index (χ3v) is 2.78. The fourth-order valence-corrected chi connectivity index (χ4v) is 1.87. The minimum Gasteiger partial charge on any atom is -0.350 e. The van der Waals surface area contributed by atoms with Crippen LogP contribution in [0, 0.1) is 0 Å². The molecule has 2 aromatic heterocycles. The third kappa shape index (κ3) is 2.33. The van der Waals surface area contributed by atoms with Gasteiger partial charge in [0.15, 0.2) is 0 Å². The Bertz CT molecular complexity index is 441. The molecule has 86 valence electrons. The number of hydrogen-bond donors (Lipinski definition) is 1. The highest BCUT2D eigenvalue weighted by Crippen LogP contribution is 2.04. The van der Waals surface area contributed by atoms with Crippen LogP contribution in [0.15, 0.2) is 30.7 Å². The molecule has 0 aliphatic rings. The Morgan fingerprint density at radius 3 is 2.94 bits per heavy atom. The maximum absolute atomic E-state index is 4.32. The molecule has 1 N–H and O–H groups in total. The van der Waals surface area contributed by atoms with Crippen molar-refractivity contribution in [2.45, 2.75) is 19.5 Å².